The topological polar surface area (TPSA) is 26.0 Å². The predicted molar refractivity (Wildman–Crippen MR) is 69.5 cm³/mol. The molecule has 1 aromatic carbocycles. The zero-order chi connectivity index (χ0) is 10.6. The van der Waals surface area contributed by atoms with Crippen molar-refractivity contribution in [3.63, 3.8) is 0 Å². The first-order valence-corrected chi connectivity index (χ1v) is 5.48. The summed E-state index contributed by atoms with van der Waals surface area (Å²) >= 11 is 0. The molecule has 86 valence electrons. The van der Waals surface area contributed by atoms with Crippen molar-refractivity contribution in [2.24, 2.45) is 11.7 Å². The minimum Gasteiger partial charge on any atom is -0.324 e. The molecule has 1 rings (SSSR count). The van der Waals surface area contributed by atoms with Gasteiger partial charge in [0.2, 0.25) is 0 Å². The molecule has 15 heavy (non-hydrogen) atoms. The fraction of sp³-hybridized carbons (Fsp3) is 0.538. The minimum absolute atomic E-state index is 0. The molecule has 0 spiro atoms. The largest absolute Gasteiger partial charge is 0.324 e. The van der Waals surface area contributed by atoms with Gasteiger partial charge in [-0.1, -0.05) is 45.0 Å². The number of aryl methyl sites for hydroxylation is 1. The van der Waals surface area contributed by atoms with Gasteiger partial charge in [-0.05, 0) is 29.9 Å². The summed E-state index contributed by atoms with van der Waals surface area (Å²) in [7, 11) is 0. The molecule has 1 aromatic rings. The molecule has 0 aliphatic rings. The van der Waals surface area contributed by atoms with Crippen molar-refractivity contribution in [1.82, 2.24) is 0 Å². The van der Waals surface area contributed by atoms with Crippen LogP contribution >= 0.6 is 12.4 Å². The van der Waals surface area contributed by atoms with Crippen LogP contribution < -0.4 is 5.73 Å². The Hall–Kier alpha value is -0.530. The summed E-state index contributed by atoms with van der Waals surface area (Å²) in [5.41, 5.74) is 8.73. The molecule has 0 radical (unpaired) electrons. The summed E-state index contributed by atoms with van der Waals surface area (Å²) < 4.78 is 0. The maximum atomic E-state index is 6.09. The number of halogens is 1. The third-order valence-electron chi connectivity index (χ3n) is 2.54. The van der Waals surface area contributed by atoms with Gasteiger partial charge in [0.05, 0.1) is 0 Å². The zero-order valence-corrected chi connectivity index (χ0v) is 10.7. The highest BCUT2D eigenvalue weighted by Gasteiger charge is 2.07. The Morgan fingerprint density at radius 1 is 1.13 bits per heavy atom. The summed E-state index contributed by atoms with van der Waals surface area (Å²) in [5, 5.41) is 0. The van der Waals surface area contributed by atoms with Crippen molar-refractivity contribution in [2.45, 2.75) is 39.7 Å². The molecule has 0 aliphatic carbocycles. The number of rotatable bonds is 4. The van der Waals surface area contributed by atoms with Crippen molar-refractivity contribution >= 4 is 12.4 Å². The molecule has 0 saturated carbocycles. The summed E-state index contributed by atoms with van der Waals surface area (Å²) in [5.74, 6) is 0.663. The Bertz CT molecular complexity index is 266. The Labute approximate surface area is 99.5 Å². The van der Waals surface area contributed by atoms with Crippen LogP contribution in [0.4, 0.5) is 0 Å². The highest BCUT2D eigenvalue weighted by molar-refractivity contribution is 5.85. The highest BCUT2D eigenvalue weighted by Crippen LogP contribution is 2.19. The average molecular weight is 228 g/mol. The highest BCUT2D eigenvalue weighted by atomic mass is 35.5. The van der Waals surface area contributed by atoms with Crippen LogP contribution in [0.2, 0.25) is 0 Å². The second-order valence-electron chi connectivity index (χ2n) is 4.33. The van der Waals surface area contributed by atoms with Crippen molar-refractivity contribution in [3.05, 3.63) is 35.4 Å². The molecule has 0 amide bonds. The lowest BCUT2D eigenvalue weighted by molar-refractivity contribution is 0.510. The monoisotopic (exact) mass is 227 g/mol. The third kappa shape index (κ3) is 4.67. The van der Waals surface area contributed by atoms with E-state index in [0.29, 0.717) is 5.92 Å². The quantitative estimate of drug-likeness (QED) is 0.834. The summed E-state index contributed by atoms with van der Waals surface area (Å²) in [6.07, 6.45) is 2.16. The van der Waals surface area contributed by atoms with Gasteiger partial charge >= 0.3 is 0 Å². The van der Waals surface area contributed by atoms with E-state index in [0.717, 1.165) is 12.8 Å². The van der Waals surface area contributed by atoms with Gasteiger partial charge in [0, 0.05) is 6.04 Å². The molecule has 0 heterocycles. The number of hydrogen-bond donors (Lipinski definition) is 1. The van der Waals surface area contributed by atoms with Gasteiger partial charge in [-0.15, -0.1) is 12.4 Å². The second kappa shape index (κ2) is 6.86. The van der Waals surface area contributed by atoms with Crippen LogP contribution in [0.1, 0.15) is 44.4 Å². The molecular formula is C13H22ClN. The molecule has 0 aliphatic heterocycles. The van der Waals surface area contributed by atoms with Gasteiger partial charge in [0.25, 0.3) is 0 Å². The normalized spacial score (nSPS) is 12.3. The van der Waals surface area contributed by atoms with Gasteiger partial charge in [0.1, 0.15) is 0 Å². The van der Waals surface area contributed by atoms with E-state index in [1.54, 1.807) is 0 Å². The van der Waals surface area contributed by atoms with Crippen LogP contribution in [0.3, 0.4) is 0 Å². The maximum Gasteiger partial charge on any atom is 0.0297 e. The molecule has 2 heteroatoms. The van der Waals surface area contributed by atoms with E-state index in [1.807, 2.05) is 0 Å². The zero-order valence-electron chi connectivity index (χ0n) is 9.86. The molecule has 1 atom stereocenters. The van der Waals surface area contributed by atoms with Crippen LogP contribution in [-0.4, -0.2) is 0 Å². The fourth-order valence-electron chi connectivity index (χ4n) is 1.64. The minimum atomic E-state index is 0. The molecule has 2 N–H and O–H groups in total. The van der Waals surface area contributed by atoms with E-state index < -0.39 is 0 Å². The van der Waals surface area contributed by atoms with E-state index in [9.17, 15) is 0 Å². The van der Waals surface area contributed by atoms with E-state index in [4.69, 9.17) is 5.73 Å². The Balaban J connectivity index is 0.00000196. The molecule has 0 fully saturated rings. The average Bonchev–Trinajstić information content (AvgIpc) is 2.17. The first-order valence-electron chi connectivity index (χ1n) is 5.48. The van der Waals surface area contributed by atoms with E-state index >= 15 is 0 Å². The van der Waals surface area contributed by atoms with Gasteiger partial charge in [0.15, 0.2) is 0 Å². The van der Waals surface area contributed by atoms with E-state index in [1.165, 1.54) is 11.1 Å². The van der Waals surface area contributed by atoms with Crippen molar-refractivity contribution in [3.8, 4) is 0 Å². The van der Waals surface area contributed by atoms with Crippen LogP contribution in [0.15, 0.2) is 24.3 Å². The molecular weight excluding hydrogens is 206 g/mol. The van der Waals surface area contributed by atoms with E-state index in [2.05, 4.69) is 45.0 Å². The predicted octanol–water partition coefficient (Wildman–Crippen LogP) is 3.72. The van der Waals surface area contributed by atoms with Crippen LogP contribution in [0.5, 0.6) is 0 Å². The third-order valence-corrected chi connectivity index (χ3v) is 2.54. The molecule has 1 nitrogen and oxygen atoms in total. The van der Waals surface area contributed by atoms with Gasteiger partial charge in [-0.2, -0.15) is 0 Å². The van der Waals surface area contributed by atoms with Crippen molar-refractivity contribution in [1.29, 1.82) is 0 Å². The summed E-state index contributed by atoms with van der Waals surface area (Å²) in [4.78, 5) is 0. The SMILES string of the molecule is CCc1ccc(C(N)CC(C)C)cc1.Cl. The summed E-state index contributed by atoms with van der Waals surface area (Å²) in [6.45, 7) is 6.59. The molecule has 0 saturated heterocycles. The molecule has 1 unspecified atom stereocenters. The van der Waals surface area contributed by atoms with Crippen molar-refractivity contribution in [2.75, 3.05) is 0 Å². The lowest BCUT2D eigenvalue weighted by Gasteiger charge is -2.14. The van der Waals surface area contributed by atoms with Gasteiger partial charge in [-0.3, -0.25) is 0 Å². The number of hydrogen-bond acceptors (Lipinski definition) is 1. The van der Waals surface area contributed by atoms with Gasteiger partial charge < -0.3 is 5.73 Å². The Morgan fingerprint density at radius 3 is 2.07 bits per heavy atom. The van der Waals surface area contributed by atoms with Crippen LogP contribution in [-0.2, 0) is 6.42 Å². The van der Waals surface area contributed by atoms with E-state index in [-0.39, 0.29) is 18.4 Å². The van der Waals surface area contributed by atoms with Crippen molar-refractivity contribution < 1.29 is 0 Å². The first kappa shape index (κ1) is 14.5. The number of benzene rings is 1. The van der Waals surface area contributed by atoms with Crippen LogP contribution in [0.25, 0.3) is 0 Å². The number of nitrogens with two attached hydrogens (primary N) is 1. The smallest absolute Gasteiger partial charge is 0.0297 e. The lowest BCUT2D eigenvalue weighted by Crippen LogP contribution is -2.12. The molecule has 0 bridgehead atoms. The second-order valence-corrected chi connectivity index (χ2v) is 4.33. The maximum absolute atomic E-state index is 6.09. The summed E-state index contributed by atoms with van der Waals surface area (Å²) in [6, 6.07) is 8.86. The lowest BCUT2D eigenvalue weighted by atomic mass is 9.97. The Morgan fingerprint density at radius 2 is 1.67 bits per heavy atom. The van der Waals surface area contributed by atoms with Crippen LogP contribution in [0, 0.1) is 5.92 Å². The first-order chi connectivity index (χ1) is 6.63. The Kier molecular flexibility index (Phi) is 6.62. The molecule has 0 aromatic heterocycles. The standard InChI is InChI=1S/C13H21N.ClH/c1-4-11-5-7-12(8-6-11)13(14)9-10(2)3;/h5-8,10,13H,4,9,14H2,1-3H3;1H. The fourth-order valence-corrected chi connectivity index (χ4v) is 1.64. The van der Waals surface area contributed by atoms with Gasteiger partial charge in [-0.25, -0.2) is 0 Å².